The molecule has 1 rings (SSSR count). The minimum absolute atomic E-state index is 0.103. The molecule has 0 atom stereocenters. The van der Waals surface area contributed by atoms with Crippen LogP contribution in [-0.4, -0.2) is 10.4 Å². The Labute approximate surface area is 80.7 Å². The van der Waals surface area contributed by atoms with Crippen molar-refractivity contribution >= 4 is 23.4 Å². The van der Waals surface area contributed by atoms with Gasteiger partial charge in [0.1, 0.15) is 0 Å². The van der Waals surface area contributed by atoms with Crippen LogP contribution in [0.3, 0.4) is 0 Å². The summed E-state index contributed by atoms with van der Waals surface area (Å²) >= 11 is 4.57. The lowest BCUT2D eigenvalue weighted by atomic mass is 10.2. The Kier molecular flexibility index (Phi) is 3.33. The van der Waals surface area contributed by atoms with E-state index in [-0.39, 0.29) is 5.69 Å². The van der Waals surface area contributed by atoms with Gasteiger partial charge in [-0.05, 0) is 5.56 Å². The number of non-ortho nitro benzene ring substituents is 1. The van der Waals surface area contributed by atoms with Crippen molar-refractivity contribution in [3.63, 3.8) is 0 Å². The minimum Gasteiger partial charge on any atom is -0.378 e. The second kappa shape index (κ2) is 4.51. The third kappa shape index (κ3) is 2.79. The maximum absolute atomic E-state index is 10.3. The Morgan fingerprint density at radius 2 is 2.08 bits per heavy atom. The van der Waals surface area contributed by atoms with E-state index in [4.69, 9.17) is 0 Å². The van der Waals surface area contributed by atoms with Gasteiger partial charge in [-0.25, -0.2) is 0 Å². The van der Waals surface area contributed by atoms with Crippen LogP contribution in [0.25, 0.3) is 0 Å². The molecule has 0 aromatic heterocycles. The van der Waals surface area contributed by atoms with Crippen molar-refractivity contribution in [3.8, 4) is 0 Å². The zero-order chi connectivity index (χ0) is 9.68. The summed E-state index contributed by atoms with van der Waals surface area (Å²) < 4.78 is 0. The standard InChI is InChI=1S/C8H8N2O2S/c11-10(12)8-3-1-7(2-4-8)5-9-6-13/h1-4,6H,5H2,(H,9,13). The molecule has 0 aliphatic heterocycles. The predicted octanol–water partition coefficient (Wildman–Crippen LogP) is 1.64. The molecule has 0 bridgehead atoms. The van der Waals surface area contributed by atoms with Gasteiger partial charge < -0.3 is 5.32 Å². The number of nitrogens with one attached hydrogen (secondary N) is 1. The second-order valence-corrected chi connectivity index (χ2v) is 2.66. The molecule has 13 heavy (non-hydrogen) atoms. The van der Waals surface area contributed by atoms with Gasteiger partial charge in [-0.1, -0.05) is 24.4 Å². The van der Waals surface area contributed by atoms with E-state index in [1.165, 1.54) is 17.6 Å². The van der Waals surface area contributed by atoms with Crippen LogP contribution in [-0.2, 0) is 6.54 Å². The third-order valence-corrected chi connectivity index (χ3v) is 1.70. The lowest BCUT2D eigenvalue weighted by Crippen LogP contribution is -2.08. The van der Waals surface area contributed by atoms with Crippen LogP contribution in [0.4, 0.5) is 5.69 Å². The fourth-order valence-electron chi connectivity index (χ4n) is 0.895. The van der Waals surface area contributed by atoms with E-state index in [1.807, 2.05) is 0 Å². The molecule has 1 N–H and O–H groups in total. The fraction of sp³-hybridized carbons (Fsp3) is 0.125. The smallest absolute Gasteiger partial charge is 0.269 e. The largest absolute Gasteiger partial charge is 0.378 e. The number of nitrogens with zero attached hydrogens (tertiary/aromatic N) is 1. The molecule has 4 nitrogen and oxygen atoms in total. The summed E-state index contributed by atoms with van der Waals surface area (Å²) in [5.74, 6) is 0. The van der Waals surface area contributed by atoms with Gasteiger partial charge in [0.15, 0.2) is 0 Å². The summed E-state index contributed by atoms with van der Waals surface area (Å²) in [6.45, 7) is 0.599. The molecule has 0 saturated carbocycles. The number of benzene rings is 1. The zero-order valence-electron chi connectivity index (χ0n) is 6.77. The van der Waals surface area contributed by atoms with E-state index in [0.717, 1.165) is 5.56 Å². The SMILES string of the molecule is O=[N+]([O-])c1ccc(CNC=S)cc1. The summed E-state index contributed by atoms with van der Waals surface area (Å²) in [5, 5.41) is 13.1. The van der Waals surface area contributed by atoms with Crippen molar-refractivity contribution in [2.45, 2.75) is 6.54 Å². The molecule has 0 aliphatic carbocycles. The van der Waals surface area contributed by atoms with Gasteiger partial charge in [0, 0.05) is 18.7 Å². The van der Waals surface area contributed by atoms with E-state index < -0.39 is 4.92 Å². The van der Waals surface area contributed by atoms with Gasteiger partial charge >= 0.3 is 0 Å². The van der Waals surface area contributed by atoms with E-state index in [1.54, 1.807) is 12.1 Å². The first kappa shape index (κ1) is 9.60. The Balaban J connectivity index is 2.69. The number of nitro groups is 1. The molecule has 0 spiro atoms. The summed E-state index contributed by atoms with van der Waals surface area (Å²) in [5.41, 5.74) is 2.49. The highest BCUT2D eigenvalue weighted by molar-refractivity contribution is 7.78. The molecule has 0 fully saturated rings. The second-order valence-electron chi connectivity index (χ2n) is 2.42. The predicted molar refractivity (Wildman–Crippen MR) is 53.6 cm³/mol. The Morgan fingerprint density at radius 3 is 2.54 bits per heavy atom. The van der Waals surface area contributed by atoms with Gasteiger partial charge in [0.05, 0.1) is 10.4 Å². The Hall–Kier alpha value is -1.49. The van der Waals surface area contributed by atoms with Crippen molar-refractivity contribution < 1.29 is 4.92 Å². The molecular formula is C8H8N2O2S. The lowest BCUT2D eigenvalue weighted by molar-refractivity contribution is -0.384. The maximum atomic E-state index is 10.3. The average molecular weight is 196 g/mol. The molecule has 1 aromatic rings. The number of hydrogen-bond donors (Lipinski definition) is 1. The molecule has 0 unspecified atom stereocenters. The monoisotopic (exact) mass is 196 g/mol. The van der Waals surface area contributed by atoms with Crippen LogP contribution < -0.4 is 5.32 Å². The Morgan fingerprint density at radius 1 is 1.46 bits per heavy atom. The lowest BCUT2D eigenvalue weighted by Gasteiger charge is -1.98. The van der Waals surface area contributed by atoms with Crippen LogP contribution in [0, 0.1) is 10.1 Å². The van der Waals surface area contributed by atoms with Crippen molar-refractivity contribution in [2.75, 3.05) is 0 Å². The quantitative estimate of drug-likeness (QED) is 0.452. The summed E-state index contributed by atoms with van der Waals surface area (Å²) in [6, 6.07) is 6.34. The molecule has 5 heteroatoms. The normalized spacial score (nSPS) is 9.23. The van der Waals surface area contributed by atoms with E-state index in [2.05, 4.69) is 17.5 Å². The van der Waals surface area contributed by atoms with Crippen LogP contribution in [0.2, 0.25) is 0 Å². The number of rotatable bonds is 4. The van der Waals surface area contributed by atoms with E-state index in [0.29, 0.717) is 6.54 Å². The first-order chi connectivity index (χ1) is 6.24. The third-order valence-electron chi connectivity index (χ3n) is 1.54. The average Bonchev–Trinajstić information content (AvgIpc) is 2.15. The molecule has 0 saturated heterocycles. The summed E-state index contributed by atoms with van der Waals surface area (Å²) in [6.07, 6.45) is 0. The summed E-state index contributed by atoms with van der Waals surface area (Å²) in [4.78, 5) is 9.87. The van der Waals surface area contributed by atoms with Crippen LogP contribution in [0.5, 0.6) is 0 Å². The highest BCUT2D eigenvalue weighted by Gasteiger charge is 2.02. The van der Waals surface area contributed by atoms with Crippen molar-refractivity contribution in [2.24, 2.45) is 0 Å². The topological polar surface area (TPSA) is 55.2 Å². The summed E-state index contributed by atoms with van der Waals surface area (Å²) in [7, 11) is 0. The first-order valence-corrected chi connectivity index (χ1v) is 4.11. The Bertz CT molecular complexity index is 310. The first-order valence-electron chi connectivity index (χ1n) is 3.64. The van der Waals surface area contributed by atoms with Crippen LogP contribution in [0.1, 0.15) is 5.56 Å². The molecule has 1 aromatic carbocycles. The number of nitro benzene ring substituents is 1. The fourth-order valence-corrected chi connectivity index (χ4v) is 0.978. The minimum atomic E-state index is -0.420. The molecule has 0 amide bonds. The van der Waals surface area contributed by atoms with E-state index in [9.17, 15) is 10.1 Å². The molecule has 68 valence electrons. The van der Waals surface area contributed by atoms with Crippen LogP contribution >= 0.6 is 12.2 Å². The van der Waals surface area contributed by atoms with E-state index >= 15 is 0 Å². The highest BCUT2D eigenvalue weighted by atomic mass is 32.1. The van der Waals surface area contributed by atoms with Crippen molar-refractivity contribution in [3.05, 3.63) is 39.9 Å². The van der Waals surface area contributed by atoms with Crippen molar-refractivity contribution in [1.82, 2.24) is 5.32 Å². The zero-order valence-corrected chi connectivity index (χ0v) is 7.58. The van der Waals surface area contributed by atoms with Crippen LogP contribution in [0.15, 0.2) is 24.3 Å². The van der Waals surface area contributed by atoms with Gasteiger partial charge in [-0.3, -0.25) is 10.1 Å². The molecule has 0 radical (unpaired) electrons. The maximum Gasteiger partial charge on any atom is 0.269 e. The van der Waals surface area contributed by atoms with Crippen molar-refractivity contribution in [1.29, 1.82) is 0 Å². The molecule has 0 aliphatic rings. The van der Waals surface area contributed by atoms with Gasteiger partial charge in [-0.2, -0.15) is 0 Å². The molecular weight excluding hydrogens is 188 g/mol. The number of hydrogen-bond acceptors (Lipinski definition) is 3. The highest BCUT2D eigenvalue weighted by Crippen LogP contribution is 2.11. The number of thiocarbonyl (C=S) groups is 1. The van der Waals surface area contributed by atoms with Gasteiger partial charge in [0.2, 0.25) is 0 Å². The molecule has 0 heterocycles. The van der Waals surface area contributed by atoms with Gasteiger partial charge in [0.25, 0.3) is 5.69 Å². The van der Waals surface area contributed by atoms with Gasteiger partial charge in [-0.15, -0.1) is 0 Å².